The molecule has 1 amide bonds. The van der Waals surface area contributed by atoms with Gasteiger partial charge < -0.3 is 10.5 Å². The molecule has 0 bridgehead atoms. The number of nitrogens with one attached hydrogen (secondary N) is 1. The van der Waals surface area contributed by atoms with Crippen molar-refractivity contribution < 1.29 is 9.53 Å². The third-order valence-corrected chi connectivity index (χ3v) is 6.18. The molecule has 4 rings (SSSR count). The molecule has 4 aromatic rings. The van der Waals surface area contributed by atoms with Gasteiger partial charge in [-0.15, -0.1) is 22.7 Å². The number of amides is 1. The Morgan fingerprint density at radius 3 is 2.82 bits per heavy atom. The summed E-state index contributed by atoms with van der Waals surface area (Å²) >= 11 is 2.66. The predicted molar refractivity (Wildman–Crippen MR) is 116 cm³/mol. The van der Waals surface area contributed by atoms with Gasteiger partial charge in [0.15, 0.2) is 5.13 Å². The van der Waals surface area contributed by atoms with Crippen LogP contribution < -0.4 is 15.8 Å². The number of benzene rings is 1. The number of nitrogens with two attached hydrogens (primary N) is 1. The summed E-state index contributed by atoms with van der Waals surface area (Å²) < 4.78 is 5.25. The molecule has 28 heavy (non-hydrogen) atoms. The number of thiophene rings is 1. The SMILES string of the molecule is COc1cccc(-c2csc(NC(=O)c3sc4nc(C)cc(C)c4c3N)n2)c1. The molecule has 0 fully saturated rings. The number of rotatable bonds is 4. The number of fused-ring (bicyclic) bond motifs is 1. The van der Waals surface area contributed by atoms with Gasteiger partial charge in [0.25, 0.3) is 5.91 Å². The molecule has 6 nitrogen and oxygen atoms in total. The highest BCUT2D eigenvalue weighted by atomic mass is 32.1. The monoisotopic (exact) mass is 410 g/mol. The van der Waals surface area contributed by atoms with Crippen molar-refractivity contribution in [2.45, 2.75) is 13.8 Å². The second-order valence-electron chi connectivity index (χ2n) is 6.33. The first kappa shape index (κ1) is 18.4. The van der Waals surface area contributed by atoms with Crippen LogP contribution in [-0.2, 0) is 0 Å². The number of thiazole rings is 1. The molecule has 0 unspecified atom stereocenters. The van der Waals surface area contributed by atoms with E-state index in [9.17, 15) is 4.79 Å². The first-order chi connectivity index (χ1) is 13.5. The van der Waals surface area contributed by atoms with Gasteiger partial charge in [0.1, 0.15) is 15.5 Å². The van der Waals surface area contributed by atoms with Gasteiger partial charge in [0, 0.05) is 22.0 Å². The lowest BCUT2D eigenvalue weighted by molar-refractivity contribution is 0.103. The lowest BCUT2D eigenvalue weighted by atomic mass is 10.1. The van der Waals surface area contributed by atoms with E-state index in [0.717, 1.165) is 38.5 Å². The quantitative estimate of drug-likeness (QED) is 0.500. The van der Waals surface area contributed by atoms with Gasteiger partial charge in [0.2, 0.25) is 0 Å². The van der Waals surface area contributed by atoms with Crippen molar-refractivity contribution in [1.82, 2.24) is 9.97 Å². The molecule has 0 saturated heterocycles. The number of anilines is 2. The lowest BCUT2D eigenvalue weighted by Gasteiger charge is -2.02. The Kier molecular flexibility index (Phi) is 4.74. The number of carbonyl (C=O) groups is 1. The molecular weight excluding hydrogens is 392 g/mol. The fourth-order valence-electron chi connectivity index (χ4n) is 3.04. The second-order valence-corrected chi connectivity index (χ2v) is 8.19. The maximum atomic E-state index is 12.8. The Bertz CT molecular complexity index is 1200. The Labute approximate surface area is 170 Å². The molecule has 0 atom stereocenters. The third-order valence-electron chi connectivity index (χ3n) is 4.32. The molecular formula is C20H18N4O2S2. The summed E-state index contributed by atoms with van der Waals surface area (Å²) in [5.74, 6) is 0.483. The molecule has 0 radical (unpaired) electrons. The second kappa shape index (κ2) is 7.21. The zero-order chi connectivity index (χ0) is 19.8. The van der Waals surface area contributed by atoms with Gasteiger partial charge in [0.05, 0.1) is 18.5 Å². The maximum Gasteiger partial charge on any atom is 0.269 e. The van der Waals surface area contributed by atoms with E-state index < -0.39 is 0 Å². The molecule has 1 aromatic carbocycles. The Morgan fingerprint density at radius 2 is 2.04 bits per heavy atom. The highest BCUT2D eigenvalue weighted by Gasteiger charge is 2.20. The Balaban J connectivity index is 1.61. The first-order valence-electron chi connectivity index (χ1n) is 8.54. The van der Waals surface area contributed by atoms with E-state index in [4.69, 9.17) is 10.5 Å². The molecule has 8 heteroatoms. The zero-order valence-corrected chi connectivity index (χ0v) is 17.2. The summed E-state index contributed by atoms with van der Waals surface area (Å²) in [5.41, 5.74) is 10.3. The first-order valence-corrected chi connectivity index (χ1v) is 10.2. The van der Waals surface area contributed by atoms with E-state index in [1.54, 1.807) is 7.11 Å². The van der Waals surface area contributed by atoms with Crippen molar-refractivity contribution in [3.8, 4) is 17.0 Å². The minimum Gasteiger partial charge on any atom is -0.497 e. The average Bonchev–Trinajstić information content (AvgIpc) is 3.26. The van der Waals surface area contributed by atoms with Crippen LogP contribution in [0.1, 0.15) is 20.9 Å². The summed E-state index contributed by atoms with van der Waals surface area (Å²) in [6.07, 6.45) is 0. The van der Waals surface area contributed by atoms with Crippen LogP contribution in [0.3, 0.4) is 0 Å². The maximum absolute atomic E-state index is 12.8. The normalized spacial score (nSPS) is 11.0. The van der Waals surface area contributed by atoms with Crippen LogP contribution in [0.5, 0.6) is 5.75 Å². The molecule has 0 aliphatic heterocycles. The van der Waals surface area contributed by atoms with Crippen LogP contribution in [0.25, 0.3) is 21.5 Å². The molecule has 0 aliphatic carbocycles. The molecule has 3 heterocycles. The van der Waals surface area contributed by atoms with Crippen molar-refractivity contribution in [2.75, 3.05) is 18.2 Å². The van der Waals surface area contributed by atoms with E-state index >= 15 is 0 Å². The third kappa shape index (κ3) is 3.32. The van der Waals surface area contributed by atoms with Crippen molar-refractivity contribution >= 4 is 49.6 Å². The minimum absolute atomic E-state index is 0.274. The van der Waals surface area contributed by atoms with Crippen molar-refractivity contribution in [3.05, 3.63) is 51.8 Å². The number of methoxy groups -OCH3 is 1. The summed E-state index contributed by atoms with van der Waals surface area (Å²) in [4.78, 5) is 23.0. The largest absolute Gasteiger partial charge is 0.497 e. The standard InChI is InChI=1S/C20H18N4O2S2/c1-10-7-11(2)22-19-15(10)16(21)17(28-19)18(25)24-20-23-14(9-27-20)12-5-4-6-13(8-12)26-3/h4-9H,21H2,1-3H3,(H,23,24,25). The number of nitrogen functional groups attached to an aromatic ring is 1. The van der Waals surface area contributed by atoms with Crippen LogP contribution in [0.2, 0.25) is 0 Å². The summed E-state index contributed by atoms with van der Waals surface area (Å²) in [5, 5.41) is 6.11. The zero-order valence-electron chi connectivity index (χ0n) is 15.6. The molecule has 0 aliphatic rings. The van der Waals surface area contributed by atoms with E-state index in [0.29, 0.717) is 15.7 Å². The Morgan fingerprint density at radius 1 is 1.21 bits per heavy atom. The summed E-state index contributed by atoms with van der Waals surface area (Å²) in [6.45, 7) is 3.90. The van der Waals surface area contributed by atoms with Gasteiger partial charge in [-0.3, -0.25) is 10.1 Å². The summed E-state index contributed by atoms with van der Waals surface area (Å²) in [7, 11) is 1.62. The lowest BCUT2D eigenvalue weighted by Crippen LogP contribution is -2.11. The van der Waals surface area contributed by atoms with E-state index in [1.165, 1.54) is 22.7 Å². The fraction of sp³-hybridized carbons (Fsp3) is 0.150. The molecule has 3 aromatic heterocycles. The molecule has 3 N–H and O–H groups in total. The molecule has 142 valence electrons. The number of pyridine rings is 1. The number of aromatic nitrogens is 2. The number of carbonyl (C=O) groups excluding carboxylic acids is 1. The van der Waals surface area contributed by atoms with Gasteiger partial charge in [-0.25, -0.2) is 9.97 Å². The number of ether oxygens (including phenoxy) is 1. The number of nitrogens with zero attached hydrogens (tertiary/aromatic N) is 2. The van der Waals surface area contributed by atoms with Crippen LogP contribution in [-0.4, -0.2) is 23.0 Å². The van der Waals surface area contributed by atoms with Crippen LogP contribution in [0.4, 0.5) is 10.8 Å². The van der Waals surface area contributed by atoms with E-state index in [1.807, 2.05) is 49.6 Å². The van der Waals surface area contributed by atoms with Crippen molar-refractivity contribution in [3.63, 3.8) is 0 Å². The van der Waals surface area contributed by atoms with E-state index in [-0.39, 0.29) is 5.91 Å². The van der Waals surface area contributed by atoms with Gasteiger partial charge in [-0.2, -0.15) is 0 Å². The van der Waals surface area contributed by atoms with Gasteiger partial charge >= 0.3 is 0 Å². The number of hydrogen-bond donors (Lipinski definition) is 2. The molecule has 0 saturated carbocycles. The number of hydrogen-bond acceptors (Lipinski definition) is 7. The topological polar surface area (TPSA) is 90.1 Å². The smallest absolute Gasteiger partial charge is 0.269 e. The van der Waals surface area contributed by atoms with Gasteiger partial charge in [-0.1, -0.05) is 12.1 Å². The van der Waals surface area contributed by atoms with Crippen molar-refractivity contribution in [2.24, 2.45) is 0 Å². The Hall–Kier alpha value is -2.97. The average molecular weight is 411 g/mol. The number of aryl methyl sites for hydroxylation is 2. The van der Waals surface area contributed by atoms with Crippen molar-refractivity contribution in [1.29, 1.82) is 0 Å². The van der Waals surface area contributed by atoms with Crippen LogP contribution in [0, 0.1) is 13.8 Å². The van der Waals surface area contributed by atoms with E-state index in [2.05, 4.69) is 15.3 Å². The van der Waals surface area contributed by atoms with Crippen LogP contribution >= 0.6 is 22.7 Å². The fourth-order valence-corrected chi connectivity index (χ4v) is 4.86. The minimum atomic E-state index is -0.274. The van der Waals surface area contributed by atoms with Gasteiger partial charge in [-0.05, 0) is 37.6 Å². The summed E-state index contributed by atoms with van der Waals surface area (Å²) in [6, 6.07) is 9.60. The molecule has 0 spiro atoms. The highest BCUT2D eigenvalue weighted by molar-refractivity contribution is 7.21. The highest BCUT2D eigenvalue weighted by Crippen LogP contribution is 2.36. The van der Waals surface area contributed by atoms with Crippen LogP contribution in [0.15, 0.2) is 35.7 Å². The predicted octanol–water partition coefficient (Wildman–Crippen LogP) is 4.88.